The molecule has 12 atom stereocenters. The molecule has 0 spiro atoms. The monoisotopic (exact) mass is 857 g/mol. The van der Waals surface area contributed by atoms with Crippen molar-refractivity contribution < 1.29 is 28.6 Å². The molecule has 1 aromatic carbocycles. The van der Waals surface area contributed by atoms with Crippen molar-refractivity contribution in [3.05, 3.63) is 35.9 Å². The number of esters is 2. The summed E-state index contributed by atoms with van der Waals surface area (Å²) >= 11 is 0. The smallest absolute Gasteiger partial charge is 0.408 e. The largest absolute Gasteiger partial charge is 0.462 e. The van der Waals surface area contributed by atoms with Crippen LogP contribution in [0.5, 0.6) is 0 Å². The third-order valence-corrected chi connectivity index (χ3v) is 20.3. The molecule has 2 N–H and O–H groups in total. The second-order valence-corrected chi connectivity index (χ2v) is 26.1. The van der Waals surface area contributed by atoms with Gasteiger partial charge in [0.05, 0.1) is 17.4 Å². The number of carbonyl (C=O) groups excluding carboxylic acids is 3. The molecule has 1 aromatic rings. The Labute approximate surface area is 375 Å². The summed E-state index contributed by atoms with van der Waals surface area (Å²) in [6, 6.07) is 9.79. The lowest BCUT2D eigenvalue weighted by Crippen LogP contribution is -2.69. The molecule has 0 bridgehead atoms. The molecule has 1 amide bonds. The molecule has 0 radical (unpaired) electrons. The van der Waals surface area contributed by atoms with Gasteiger partial charge < -0.3 is 24.8 Å². The Morgan fingerprint density at radius 3 is 2.00 bits per heavy atom. The van der Waals surface area contributed by atoms with Crippen molar-refractivity contribution in [2.45, 2.75) is 203 Å². The van der Waals surface area contributed by atoms with Crippen LogP contribution in [-0.4, -0.2) is 47.4 Å². The van der Waals surface area contributed by atoms with Crippen LogP contribution in [0.2, 0.25) is 0 Å². The van der Waals surface area contributed by atoms with E-state index in [-0.39, 0.29) is 69.8 Å². The normalized spacial score (nSPS) is 41.2. The first-order valence-electron chi connectivity index (χ1n) is 24.9. The first kappa shape index (κ1) is 45.9. The summed E-state index contributed by atoms with van der Waals surface area (Å²) in [4.78, 5) is 40.2. The van der Waals surface area contributed by atoms with Crippen LogP contribution in [0.25, 0.3) is 0 Å². The highest BCUT2D eigenvalue weighted by Gasteiger charge is 2.72. The van der Waals surface area contributed by atoms with Crippen molar-refractivity contribution >= 4 is 18.0 Å². The average Bonchev–Trinajstić information content (AvgIpc) is 3.79. The topological polar surface area (TPSA) is 103 Å². The minimum Gasteiger partial charge on any atom is -0.462 e. The van der Waals surface area contributed by atoms with Crippen LogP contribution < -0.4 is 10.6 Å². The second kappa shape index (κ2) is 15.2. The summed E-state index contributed by atoms with van der Waals surface area (Å²) in [5, 5.41) is 7.46. The summed E-state index contributed by atoms with van der Waals surface area (Å²) in [5.41, 5.74) is 0.571. The van der Waals surface area contributed by atoms with Gasteiger partial charge in [0.1, 0.15) is 18.3 Å². The summed E-state index contributed by atoms with van der Waals surface area (Å²) < 4.78 is 18.0. The Bertz CT molecular complexity index is 1880. The first-order chi connectivity index (χ1) is 28.7. The Balaban J connectivity index is 0.956. The van der Waals surface area contributed by atoms with Crippen LogP contribution in [0, 0.1) is 73.9 Å². The predicted molar refractivity (Wildman–Crippen MR) is 245 cm³/mol. The zero-order valence-electron chi connectivity index (χ0n) is 41.1. The Hall–Kier alpha value is -2.61. The van der Waals surface area contributed by atoms with Gasteiger partial charge in [0.15, 0.2) is 0 Å². The molecule has 8 rings (SSSR count). The van der Waals surface area contributed by atoms with E-state index in [9.17, 15) is 14.4 Å². The number of rotatable bonds is 10. The highest BCUT2D eigenvalue weighted by atomic mass is 16.6. The number of ether oxygens (including phenoxy) is 3. The third kappa shape index (κ3) is 7.56. The van der Waals surface area contributed by atoms with Crippen molar-refractivity contribution in [1.82, 2.24) is 10.6 Å². The quantitative estimate of drug-likeness (QED) is 0.178. The van der Waals surface area contributed by atoms with Crippen LogP contribution in [0.1, 0.15) is 179 Å². The lowest BCUT2D eigenvalue weighted by molar-refractivity contribution is -0.250. The van der Waals surface area contributed by atoms with Crippen LogP contribution in [0.3, 0.4) is 0 Å². The molecule has 0 heterocycles. The van der Waals surface area contributed by atoms with E-state index in [1.807, 2.05) is 65.0 Å². The van der Waals surface area contributed by atoms with Gasteiger partial charge in [-0.3, -0.25) is 9.59 Å². The van der Waals surface area contributed by atoms with Gasteiger partial charge in [0.2, 0.25) is 0 Å². The van der Waals surface area contributed by atoms with Crippen molar-refractivity contribution in [1.29, 1.82) is 0 Å². The van der Waals surface area contributed by atoms with E-state index in [0.717, 1.165) is 30.9 Å². The molecule has 0 aliphatic heterocycles. The number of hydrogen-bond acceptors (Lipinski definition) is 7. The Morgan fingerprint density at radius 1 is 0.677 bits per heavy atom. The van der Waals surface area contributed by atoms with E-state index < -0.39 is 16.6 Å². The van der Waals surface area contributed by atoms with Crippen molar-refractivity contribution in [2.24, 2.45) is 73.9 Å². The average molecular weight is 857 g/mol. The van der Waals surface area contributed by atoms with E-state index in [1.54, 1.807) is 0 Å². The minimum absolute atomic E-state index is 0.0963. The standard InChI is InChI=1S/C54H84N2O6/c1-46(2,3)62-45(59)56-47(4,5)33-55-54-26-21-35(50(10)27-28-50)42(54)36-19-20-40-51(11)24-23-41(49(8,9)39(51)22-25-53(40,13)52(36,12)29-30-54)61-44(58)38-31-37(48(38,6)7)43(57)60-32-34-17-15-14-16-18-34/h14-18,35-42,55H,19-33H2,1-13H3,(H,56,59)/t35-,36-,37+,38-,39+,40-,41+,42-,51+,52-,53-,54+/m1/s1. The summed E-state index contributed by atoms with van der Waals surface area (Å²) in [6.07, 6.45) is 14.7. The van der Waals surface area contributed by atoms with E-state index in [2.05, 4.69) is 66.0 Å². The number of amides is 1. The lowest BCUT2D eigenvalue weighted by atomic mass is 9.32. The number of carbonyl (C=O) groups is 3. The molecular weight excluding hydrogens is 773 g/mol. The van der Waals surface area contributed by atoms with Gasteiger partial charge in [0, 0.05) is 17.5 Å². The van der Waals surface area contributed by atoms with Crippen LogP contribution in [0.15, 0.2) is 30.3 Å². The van der Waals surface area contributed by atoms with Gasteiger partial charge in [-0.2, -0.15) is 0 Å². The number of benzene rings is 1. The maximum Gasteiger partial charge on any atom is 0.408 e. The molecule has 0 saturated heterocycles. The SMILES string of the molecule is CC(C)(CN[C@]12CC[C@@H](C3(C)CC3)[C@@H]1[C@H]1CC[C@@H]3[C@@]4(C)CC[C@H](OC(=O)[C@H]5C[C@@H](C(=O)OCc6ccccc6)C5(C)C)C(C)(C)[C@@H]4CC[C@@]3(C)[C@]1(C)CC2)NC(=O)OC(C)(C)C. The maximum absolute atomic E-state index is 14.1. The number of alkyl carbamates (subject to hydrolysis) is 1. The lowest BCUT2D eigenvalue weighted by Gasteiger charge is -2.73. The van der Waals surface area contributed by atoms with Crippen LogP contribution in [-0.2, 0) is 30.4 Å². The van der Waals surface area contributed by atoms with E-state index in [0.29, 0.717) is 35.5 Å². The molecule has 8 nitrogen and oxygen atoms in total. The Morgan fingerprint density at radius 2 is 1.35 bits per heavy atom. The third-order valence-electron chi connectivity index (χ3n) is 20.3. The molecule has 7 aliphatic rings. The fraction of sp³-hybridized carbons (Fsp3) is 0.833. The Kier molecular flexibility index (Phi) is 11.3. The van der Waals surface area contributed by atoms with Crippen LogP contribution >= 0.6 is 0 Å². The molecule has 0 unspecified atom stereocenters. The molecule has 8 heteroatoms. The number of hydrogen-bond donors (Lipinski definition) is 2. The zero-order valence-corrected chi connectivity index (χ0v) is 41.1. The van der Waals surface area contributed by atoms with Crippen molar-refractivity contribution in [3.63, 3.8) is 0 Å². The highest BCUT2D eigenvalue weighted by molar-refractivity contribution is 5.82. The molecule has 346 valence electrons. The van der Waals surface area contributed by atoms with Gasteiger partial charge in [-0.1, -0.05) is 85.7 Å². The van der Waals surface area contributed by atoms with E-state index in [4.69, 9.17) is 14.2 Å². The maximum atomic E-state index is 14.1. The number of fused-ring (bicyclic) bond motifs is 7. The first-order valence-corrected chi connectivity index (χ1v) is 24.9. The van der Waals surface area contributed by atoms with E-state index in [1.165, 1.54) is 64.2 Å². The van der Waals surface area contributed by atoms with Crippen molar-refractivity contribution in [2.75, 3.05) is 6.54 Å². The van der Waals surface area contributed by atoms with E-state index >= 15 is 0 Å². The summed E-state index contributed by atoms with van der Waals surface area (Å²) in [7, 11) is 0. The summed E-state index contributed by atoms with van der Waals surface area (Å²) in [6.45, 7) is 30.6. The number of nitrogens with one attached hydrogen (secondary N) is 2. The van der Waals surface area contributed by atoms with Gasteiger partial charge >= 0.3 is 18.0 Å². The van der Waals surface area contributed by atoms with Gasteiger partial charge in [-0.25, -0.2) is 4.79 Å². The van der Waals surface area contributed by atoms with Gasteiger partial charge in [-0.15, -0.1) is 0 Å². The molecular formula is C54H84N2O6. The molecule has 7 saturated carbocycles. The van der Waals surface area contributed by atoms with Crippen molar-refractivity contribution in [3.8, 4) is 0 Å². The second-order valence-electron chi connectivity index (χ2n) is 26.1. The molecule has 7 aliphatic carbocycles. The van der Waals surface area contributed by atoms with Crippen LogP contribution in [0.4, 0.5) is 4.79 Å². The summed E-state index contributed by atoms with van der Waals surface area (Å²) in [5.74, 6) is 2.21. The molecule has 62 heavy (non-hydrogen) atoms. The predicted octanol–water partition coefficient (Wildman–Crippen LogP) is 11.8. The molecule has 7 fully saturated rings. The van der Waals surface area contributed by atoms with Gasteiger partial charge in [0.25, 0.3) is 0 Å². The zero-order chi connectivity index (χ0) is 45.1. The van der Waals surface area contributed by atoms with Gasteiger partial charge in [-0.05, 0) is 180 Å². The minimum atomic E-state index is -0.531. The molecule has 0 aromatic heterocycles. The fourth-order valence-electron chi connectivity index (χ4n) is 16.2. The fourth-order valence-corrected chi connectivity index (χ4v) is 16.2. The highest BCUT2D eigenvalue weighted by Crippen LogP contribution is 2.78.